The Balaban J connectivity index is 2.28. The van der Waals surface area contributed by atoms with Crippen LogP contribution in [0.15, 0.2) is 47.4 Å². The molecule has 0 heterocycles. The standard InChI is InChI=1S/C16H21N3O3S2/c1-18(2)13-7-5-12(6-8-13)17-15-10-9-14(19(3)4)11-16(15)23-24(20,21)22/h5-12,17H,1-4H3/p+1. The highest BCUT2D eigenvalue weighted by Gasteiger charge is 2.16. The van der Waals surface area contributed by atoms with Crippen molar-refractivity contribution in [3.63, 3.8) is 0 Å². The first kappa shape index (κ1) is 18.6. The monoisotopic (exact) mass is 368 g/mol. The van der Waals surface area contributed by atoms with Crippen molar-refractivity contribution in [3.05, 3.63) is 42.5 Å². The second-order valence-corrected chi connectivity index (χ2v) is 9.02. The molecule has 0 unspecified atom stereocenters. The van der Waals surface area contributed by atoms with Crippen molar-refractivity contribution in [2.75, 3.05) is 38.4 Å². The van der Waals surface area contributed by atoms with Crippen LogP contribution in [0.4, 0.5) is 11.4 Å². The summed E-state index contributed by atoms with van der Waals surface area (Å²) < 4.78 is 33.8. The molecule has 0 atom stereocenters. The molecule has 2 N–H and O–H groups in total. The largest absolute Gasteiger partial charge is 0.378 e. The molecule has 1 aliphatic rings. The predicted molar refractivity (Wildman–Crippen MR) is 101 cm³/mol. The summed E-state index contributed by atoms with van der Waals surface area (Å²) in [5.41, 5.74) is 2.59. The lowest BCUT2D eigenvalue weighted by Gasteiger charge is -2.19. The third-order valence-electron chi connectivity index (χ3n) is 3.46. The van der Waals surface area contributed by atoms with Gasteiger partial charge in [0.25, 0.3) is 0 Å². The minimum absolute atomic E-state index is 0.0559. The van der Waals surface area contributed by atoms with E-state index in [0.29, 0.717) is 21.4 Å². The maximum absolute atomic E-state index is 11.3. The summed E-state index contributed by atoms with van der Waals surface area (Å²) >= 11 is 0. The molecule has 0 fully saturated rings. The van der Waals surface area contributed by atoms with Gasteiger partial charge in [-0.1, -0.05) is 12.2 Å². The van der Waals surface area contributed by atoms with Gasteiger partial charge in [-0.15, -0.1) is 0 Å². The van der Waals surface area contributed by atoms with Crippen molar-refractivity contribution in [2.45, 2.75) is 10.9 Å². The maximum atomic E-state index is 11.3. The molecule has 0 saturated heterocycles. The molecule has 1 aromatic rings. The van der Waals surface area contributed by atoms with E-state index in [1.54, 1.807) is 6.07 Å². The summed E-state index contributed by atoms with van der Waals surface area (Å²) in [7, 11) is 3.92. The highest BCUT2D eigenvalue weighted by molar-refractivity contribution is 8.70. The van der Waals surface area contributed by atoms with Crippen molar-refractivity contribution in [2.24, 2.45) is 0 Å². The molecule has 0 spiro atoms. The van der Waals surface area contributed by atoms with Gasteiger partial charge in [-0.05, 0) is 18.2 Å². The van der Waals surface area contributed by atoms with Gasteiger partial charge in [-0.25, -0.2) is 4.58 Å². The van der Waals surface area contributed by atoms with Crippen molar-refractivity contribution in [1.29, 1.82) is 0 Å². The van der Waals surface area contributed by atoms with Crippen LogP contribution in [0.2, 0.25) is 0 Å². The van der Waals surface area contributed by atoms with Crippen LogP contribution in [0.25, 0.3) is 0 Å². The molecule has 130 valence electrons. The van der Waals surface area contributed by atoms with E-state index in [2.05, 4.69) is 5.32 Å². The number of nitrogens with zero attached hydrogens (tertiary/aromatic N) is 2. The molecule has 8 heteroatoms. The van der Waals surface area contributed by atoms with Crippen LogP contribution in [-0.2, 0) is 9.15 Å². The number of hydrogen-bond acceptors (Lipinski definition) is 5. The second-order valence-electron chi connectivity index (χ2n) is 5.79. The lowest BCUT2D eigenvalue weighted by Crippen LogP contribution is -2.20. The van der Waals surface area contributed by atoms with Crippen molar-refractivity contribution in [3.8, 4) is 0 Å². The molecule has 0 bridgehead atoms. The fourth-order valence-electron chi connectivity index (χ4n) is 2.19. The number of benzene rings is 1. The average Bonchev–Trinajstić information content (AvgIpc) is 2.48. The predicted octanol–water partition coefficient (Wildman–Crippen LogP) is 2.27. The summed E-state index contributed by atoms with van der Waals surface area (Å²) in [5, 5.41) is 3.28. The molecular formula is C16H22N3O3S2+. The Kier molecular flexibility index (Phi) is 5.74. The van der Waals surface area contributed by atoms with Crippen LogP contribution in [0.5, 0.6) is 0 Å². The SMILES string of the molecule is CN(C)c1ccc(NC2C=CC(=[N+](C)C)C=C2)c(SS(=O)(=O)O)c1. The number of nitrogens with one attached hydrogen (secondary N) is 1. The lowest BCUT2D eigenvalue weighted by atomic mass is 10.1. The summed E-state index contributed by atoms with van der Waals surface area (Å²) in [6.07, 6.45) is 8.00. The zero-order chi connectivity index (χ0) is 17.9. The first-order valence-corrected chi connectivity index (χ1v) is 10.1. The van der Waals surface area contributed by atoms with E-state index in [-0.39, 0.29) is 6.04 Å². The third kappa shape index (κ3) is 5.12. The Morgan fingerprint density at radius 2 is 1.83 bits per heavy atom. The highest BCUT2D eigenvalue weighted by Crippen LogP contribution is 2.34. The van der Waals surface area contributed by atoms with Crippen LogP contribution >= 0.6 is 10.8 Å². The molecule has 6 nitrogen and oxygen atoms in total. The van der Waals surface area contributed by atoms with Crippen LogP contribution in [0.3, 0.4) is 0 Å². The Bertz CT molecular complexity index is 792. The Morgan fingerprint density at radius 3 is 2.33 bits per heavy atom. The first-order chi connectivity index (χ1) is 11.2. The van der Waals surface area contributed by atoms with Crippen LogP contribution in [-0.4, -0.2) is 57.5 Å². The van der Waals surface area contributed by atoms with Gasteiger partial charge in [0.2, 0.25) is 0 Å². The van der Waals surface area contributed by atoms with Gasteiger partial charge in [-0.2, -0.15) is 8.42 Å². The molecule has 0 saturated carbocycles. The van der Waals surface area contributed by atoms with Gasteiger partial charge in [0.15, 0.2) is 5.71 Å². The number of hydrogen-bond donors (Lipinski definition) is 2. The van der Waals surface area contributed by atoms with Gasteiger partial charge in [0, 0.05) is 48.4 Å². The minimum Gasteiger partial charge on any atom is -0.378 e. The quantitative estimate of drug-likeness (QED) is 0.472. The summed E-state index contributed by atoms with van der Waals surface area (Å²) in [5.74, 6) is 0. The van der Waals surface area contributed by atoms with Gasteiger partial charge in [0.1, 0.15) is 14.1 Å². The van der Waals surface area contributed by atoms with Gasteiger partial charge >= 0.3 is 9.15 Å². The first-order valence-electron chi connectivity index (χ1n) is 7.31. The molecule has 0 aromatic heterocycles. The fraction of sp³-hybridized carbons (Fsp3) is 0.312. The average molecular weight is 369 g/mol. The Labute approximate surface area is 146 Å². The van der Waals surface area contributed by atoms with E-state index in [1.165, 1.54) is 0 Å². The van der Waals surface area contributed by atoms with E-state index >= 15 is 0 Å². The molecule has 0 amide bonds. The highest BCUT2D eigenvalue weighted by atomic mass is 33.1. The number of anilines is 2. The lowest BCUT2D eigenvalue weighted by molar-refractivity contribution is -0.462. The van der Waals surface area contributed by atoms with Gasteiger partial charge in [-0.3, -0.25) is 4.55 Å². The van der Waals surface area contributed by atoms with Gasteiger partial charge in [0.05, 0.1) is 10.9 Å². The molecule has 2 rings (SSSR count). The summed E-state index contributed by atoms with van der Waals surface area (Å²) in [6, 6.07) is 5.38. The molecule has 1 aromatic carbocycles. The van der Waals surface area contributed by atoms with E-state index in [9.17, 15) is 13.0 Å². The molecular weight excluding hydrogens is 346 g/mol. The number of rotatable bonds is 5. The summed E-state index contributed by atoms with van der Waals surface area (Å²) in [6.45, 7) is 0. The Hall–Kier alpha value is -1.77. The van der Waals surface area contributed by atoms with E-state index in [0.717, 1.165) is 11.4 Å². The number of allylic oxidation sites excluding steroid dienone is 2. The normalized spacial score (nSPS) is 17.0. The van der Waals surface area contributed by atoms with Crippen molar-refractivity contribution >= 4 is 37.0 Å². The van der Waals surface area contributed by atoms with E-state index in [4.69, 9.17) is 0 Å². The van der Waals surface area contributed by atoms with Gasteiger partial charge < -0.3 is 10.2 Å². The maximum Gasteiger partial charge on any atom is 0.324 e. The van der Waals surface area contributed by atoms with Crippen LogP contribution in [0, 0.1) is 0 Å². The molecule has 0 aliphatic heterocycles. The van der Waals surface area contributed by atoms with Crippen molar-refractivity contribution < 1.29 is 17.5 Å². The van der Waals surface area contributed by atoms with Crippen LogP contribution < -0.4 is 10.2 Å². The molecule has 1 aliphatic carbocycles. The second kappa shape index (κ2) is 7.42. The van der Waals surface area contributed by atoms with E-state index < -0.39 is 9.15 Å². The minimum atomic E-state index is -4.19. The fourth-order valence-corrected chi connectivity index (χ4v) is 3.90. The molecule has 24 heavy (non-hydrogen) atoms. The smallest absolute Gasteiger partial charge is 0.324 e. The van der Waals surface area contributed by atoms with Crippen LogP contribution in [0.1, 0.15) is 0 Å². The summed E-state index contributed by atoms with van der Waals surface area (Å²) in [4.78, 5) is 2.32. The third-order valence-corrected chi connectivity index (χ3v) is 5.36. The Morgan fingerprint density at radius 1 is 1.21 bits per heavy atom. The van der Waals surface area contributed by atoms with E-state index in [1.807, 2.05) is 74.1 Å². The zero-order valence-electron chi connectivity index (χ0n) is 14.1. The topological polar surface area (TPSA) is 72.7 Å². The zero-order valence-corrected chi connectivity index (χ0v) is 15.7. The van der Waals surface area contributed by atoms with Crippen molar-refractivity contribution in [1.82, 2.24) is 0 Å². The molecule has 0 radical (unpaired) electrons.